The van der Waals surface area contributed by atoms with Crippen LogP contribution in [0.25, 0.3) is 0 Å². The molecule has 0 spiro atoms. The summed E-state index contributed by atoms with van der Waals surface area (Å²) in [5, 5.41) is 9.18. The zero-order valence-corrected chi connectivity index (χ0v) is 10.4. The van der Waals surface area contributed by atoms with Gasteiger partial charge in [-0.1, -0.05) is 30.9 Å². The summed E-state index contributed by atoms with van der Waals surface area (Å²) >= 11 is 5.64. The van der Waals surface area contributed by atoms with Gasteiger partial charge in [-0.05, 0) is 18.9 Å². The molecule has 0 atom stereocenters. The summed E-state index contributed by atoms with van der Waals surface area (Å²) in [5.41, 5.74) is -1.26. The molecule has 1 aromatic carbocycles. The summed E-state index contributed by atoms with van der Waals surface area (Å²) in [6.45, 7) is 0. The van der Waals surface area contributed by atoms with E-state index in [4.69, 9.17) is 11.6 Å². The van der Waals surface area contributed by atoms with Gasteiger partial charge in [-0.25, -0.2) is 8.78 Å². The third kappa shape index (κ3) is 2.09. The van der Waals surface area contributed by atoms with Crippen LogP contribution >= 0.6 is 11.6 Å². The minimum atomic E-state index is -1.26. The average molecular weight is 275 g/mol. The SMILES string of the molecule is O=C(O)C1(c2cc(Cl)c(F)cc2F)CCCCC1. The van der Waals surface area contributed by atoms with E-state index in [2.05, 4.69) is 0 Å². The van der Waals surface area contributed by atoms with Crippen LogP contribution in [0.5, 0.6) is 0 Å². The zero-order valence-electron chi connectivity index (χ0n) is 9.68. The van der Waals surface area contributed by atoms with Gasteiger partial charge in [0.05, 0.1) is 10.4 Å². The number of hydrogen-bond donors (Lipinski definition) is 1. The van der Waals surface area contributed by atoms with Crippen LogP contribution in [0.2, 0.25) is 5.02 Å². The lowest BCUT2D eigenvalue weighted by Gasteiger charge is -2.34. The van der Waals surface area contributed by atoms with Gasteiger partial charge >= 0.3 is 5.97 Å². The summed E-state index contributed by atoms with van der Waals surface area (Å²) < 4.78 is 27.0. The molecule has 5 heteroatoms. The van der Waals surface area contributed by atoms with Crippen LogP contribution in [0, 0.1) is 11.6 Å². The lowest BCUT2D eigenvalue weighted by Crippen LogP contribution is -2.38. The van der Waals surface area contributed by atoms with Crippen LogP contribution in [-0.2, 0) is 10.2 Å². The van der Waals surface area contributed by atoms with Gasteiger partial charge in [0.25, 0.3) is 0 Å². The van der Waals surface area contributed by atoms with Gasteiger partial charge in [-0.3, -0.25) is 4.79 Å². The maximum atomic E-state index is 13.9. The fraction of sp³-hybridized carbons (Fsp3) is 0.462. The van der Waals surface area contributed by atoms with Crippen molar-refractivity contribution in [1.29, 1.82) is 0 Å². The third-order valence-electron chi connectivity index (χ3n) is 3.64. The molecule has 0 unspecified atom stereocenters. The van der Waals surface area contributed by atoms with Gasteiger partial charge in [-0.2, -0.15) is 0 Å². The van der Waals surface area contributed by atoms with Crippen LogP contribution in [0.1, 0.15) is 37.7 Å². The van der Waals surface area contributed by atoms with Crippen molar-refractivity contribution in [3.63, 3.8) is 0 Å². The Labute approximate surface area is 109 Å². The maximum Gasteiger partial charge on any atom is 0.314 e. The van der Waals surface area contributed by atoms with Gasteiger partial charge < -0.3 is 5.11 Å². The number of carboxylic acid groups (broad SMARTS) is 1. The van der Waals surface area contributed by atoms with Crippen molar-refractivity contribution in [3.05, 3.63) is 34.4 Å². The molecule has 1 N–H and O–H groups in total. The highest BCUT2D eigenvalue weighted by molar-refractivity contribution is 6.30. The van der Waals surface area contributed by atoms with E-state index in [1.807, 2.05) is 0 Å². The lowest BCUT2D eigenvalue weighted by molar-refractivity contribution is -0.145. The topological polar surface area (TPSA) is 37.3 Å². The summed E-state index contributed by atoms with van der Waals surface area (Å²) in [7, 11) is 0. The fourth-order valence-electron chi connectivity index (χ4n) is 2.64. The molecule has 1 aliphatic carbocycles. The van der Waals surface area contributed by atoms with Crippen LogP contribution in [0.4, 0.5) is 8.78 Å². The summed E-state index contributed by atoms with van der Waals surface area (Å²) in [4.78, 5) is 11.5. The maximum absolute atomic E-state index is 13.9. The van der Waals surface area contributed by atoms with Crippen molar-refractivity contribution < 1.29 is 18.7 Å². The third-order valence-corrected chi connectivity index (χ3v) is 3.93. The molecule has 1 aliphatic rings. The minimum Gasteiger partial charge on any atom is -0.481 e. The molecule has 1 saturated carbocycles. The predicted octanol–water partition coefficient (Wildman–Crippen LogP) is 3.90. The minimum absolute atomic E-state index is 0.00102. The van der Waals surface area contributed by atoms with E-state index >= 15 is 0 Å². The number of aliphatic carboxylic acids is 1. The number of rotatable bonds is 2. The van der Waals surface area contributed by atoms with Crippen molar-refractivity contribution in [1.82, 2.24) is 0 Å². The Balaban J connectivity index is 2.55. The number of carboxylic acids is 1. The summed E-state index contributed by atoms with van der Waals surface area (Å²) in [6.07, 6.45) is 3.11. The average Bonchev–Trinajstić information content (AvgIpc) is 2.34. The first-order chi connectivity index (χ1) is 8.47. The molecule has 2 nitrogen and oxygen atoms in total. The number of halogens is 3. The van der Waals surface area contributed by atoms with Gasteiger partial charge in [-0.15, -0.1) is 0 Å². The van der Waals surface area contributed by atoms with Crippen LogP contribution in [-0.4, -0.2) is 11.1 Å². The highest BCUT2D eigenvalue weighted by atomic mass is 35.5. The van der Waals surface area contributed by atoms with Gasteiger partial charge in [0.15, 0.2) is 0 Å². The normalized spacial score (nSPS) is 18.6. The first-order valence-corrected chi connectivity index (χ1v) is 6.23. The van der Waals surface area contributed by atoms with E-state index in [9.17, 15) is 18.7 Å². The second kappa shape index (κ2) is 4.84. The predicted molar refractivity (Wildman–Crippen MR) is 63.8 cm³/mol. The Morgan fingerprint density at radius 2 is 1.78 bits per heavy atom. The molecule has 2 rings (SSSR count). The van der Waals surface area contributed by atoms with Gasteiger partial charge in [0.1, 0.15) is 11.6 Å². The van der Waals surface area contributed by atoms with Crippen molar-refractivity contribution in [3.8, 4) is 0 Å². The standard InChI is InChI=1S/C13H13ClF2O2/c14-9-6-8(10(15)7-11(9)16)13(12(17)18)4-2-1-3-5-13/h6-7H,1-5H2,(H,17,18). The van der Waals surface area contributed by atoms with E-state index in [0.717, 1.165) is 25.3 Å². The van der Waals surface area contributed by atoms with Crippen molar-refractivity contribution in [2.24, 2.45) is 0 Å². The first kappa shape index (κ1) is 13.3. The Hall–Kier alpha value is -1.16. The van der Waals surface area contributed by atoms with Crippen LogP contribution in [0.3, 0.4) is 0 Å². The zero-order chi connectivity index (χ0) is 13.3. The second-order valence-corrected chi connectivity index (χ2v) is 5.10. The van der Waals surface area contributed by atoms with E-state index < -0.39 is 23.0 Å². The van der Waals surface area contributed by atoms with E-state index in [1.54, 1.807) is 0 Å². The lowest BCUT2D eigenvalue weighted by atomic mass is 9.69. The molecule has 1 fully saturated rings. The van der Waals surface area contributed by atoms with Crippen molar-refractivity contribution in [2.75, 3.05) is 0 Å². The molecular formula is C13H13ClF2O2. The number of benzene rings is 1. The monoisotopic (exact) mass is 274 g/mol. The molecule has 0 bridgehead atoms. The molecular weight excluding hydrogens is 262 g/mol. The van der Waals surface area contributed by atoms with E-state index in [0.29, 0.717) is 18.9 Å². The van der Waals surface area contributed by atoms with Crippen molar-refractivity contribution >= 4 is 17.6 Å². The molecule has 0 radical (unpaired) electrons. The Morgan fingerprint density at radius 1 is 1.17 bits per heavy atom. The summed E-state index contributed by atoms with van der Waals surface area (Å²) in [5.74, 6) is -2.76. The molecule has 0 amide bonds. The van der Waals surface area contributed by atoms with E-state index in [-0.39, 0.29) is 10.6 Å². The molecule has 98 valence electrons. The molecule has 0 aromatic heterocycles. The molecule has 0 aliphatic heterocycles. The van der Waals surface area contributed by atoms with Crippen LogP contribution < -0.4 is 0 Å². The van der Waals surface area contributed by atoms with Crippen molar-refractivity contribution in [2.45, 2.75) is 37.5 Å². The molecule has 0 heterocycles. The Kier molecular flexibility index (Phi) is 3.57. The largest absolute Gasteiger partial charge is 0.481 e. The second-order valence-electron chi connectivity index (χ2n) is 4.69. The fourth-order valence-corrected chi connectivity index (χ4v) is 2.81. The quantitative estimate of drug-likeness (QED) is 0.831. The van der Waals surface area contributed by atoms with Crippen LogP contribution in [0.15, 0.2) is 12.1 Å². The van der Waals surface area contributed by atoms with E-state index in [1.165, 1.54) is 0 Å². The molecule has 0 saturated heterocycles. The summed E-state index contributed by atoms with van der Waals surface area (Å²) in [6, 6.07) is 1.78. The number of hydrogen-bond acceptors (Lipinski definition) is 1. The Morgan fingerprint density at radius 3 is 2.33 bits per heavy atom. The smallest absolute Gasteiger partial charge is 0.314 e. The number of carbonyl (C=O) groups is 1. The van der Waals surface area contributed by atoms with Gasteiger partial charge in [0.2, 0.25) is 0 Å². The highest BCUT2D eigenvalue weighted by Gasteiger charge is 2.43. The molecule has 1 aromatic rings. The Bertz CT molecular complexity index is 482. The first-order valence-electron chi connectivity index (χ1n) is 5.86. The highest BCUT2D eigenvalue weighted by Crippen LogP contribution is 2.42. The molecule has 18 heavy (non-hydrogen) atoms. The van der Waals surface area contributed by atoms with Gasteiger partial charge in [0, 0.05) is 11.6 Å².